The topological polar surface area (TPSA) is 54.3 Å². The fourth-order valence-electron chi connectivity index (χ4n) is 4.72. The van der Waals surface area contributed by atoms with E-state index in [1.807, 2.05) is 36.1 Å². The third-order valence-corrected chi connectivity index (χ3v) is 6.68. The number of aromatic nitrogens is 3. The second-order valence-corrected chi connectivity index (χ2v) is 9.39. The molecule has 7 heteroatoms. The summed E-state index contributed by atoms with van der Waals surface area (Å²) >= 11 is 6.11. The zero-order valence-electron chi connectivity index (χ0n) is 19.5. The molecule has 0 saturated carbocycles. The molecule has 0 radical (unpaired) electrons. The highest BCUT2D eigenvalue weighted by atomic mass is 35.5. The lowest BCUT2D eigenvalue weighted by atomic mass is 10.0. The largest absolute Gasteiger partial charge is 0.339 e. The number of halogens is 1. The quantitative estimate of drug-likeness (QED) is 0.421. The third kappa shape index (κ3) is 4.69. The van der Waals surface area contributed by atoms with E-state index in [9.17, 15) is 4.79 Å². The molecule has 0 aliphatic carbocycles. The normalized spacial score (nSPS) is 14.6. The second kappa shape index (κ2) is 9.57. The summed E-state index contributed by atoms with van der Waals surface area (Å²) in [5.41, 5.74) is 6.28. The molecule has 0 atom stereocenters. The standard InChI is InChI=1S/C27H28ClN5O/c1-19-5-3-7-22(15-19)24-9-10-29-27-26(24)20(2)30-33(27)18-25(34)32-13-11-31(12-14-32)17-21-6-4-8-23(28)16-21/h3-10,15-16H,11-14,17-18H2,1-2H3. The van der Waals surface area contributed by atoms with Crippen LogP contribution in [0.3, 0.4) is 0 Å². The highest BCUT2D eigenvalue weighted by Crippen LogP contribution is 2.30. The Morgan fingerprint density at radius 2 is 1.79 bits per heavy atom. The molecule has 0 N–H and O–H groups in total. The second-order valence-electron chi connectivity index (χ2n) is 8.96. The minimum absolute atomic E-state index is 0.0783. The minimum Gasteiger partial charge on any atom is -0.339 e. The van der Waals surface area contributed by atoms with Gasteiger partial charge in [0.25, 0.3) is 0 Å². The van der Waals surface area contributed by atoms with Gasteiger partial charge < -0.3 is 4.90 Å². The Morgan fingerprint density at radius 3 is 2.56 bits per heavy atom. The van der Waals surface area contributed by atoms with Gasteiger partial charge in [-0.1, -0.05) is 53.6 Å². The predicted molar refractivity (Wildman–Crippen MR) is 136 cm³/mol. The number of fused-ring (bicyclic) bond motifs is 1. The summed E-state index contributed by atoms with van der Waals surface area (Å²) in [6.07, 6.45) is 1.80. The maximum atomic E-state index is 13.1. The Hall–Kier alpha value is -3.22. The number of benzene rings is 2. The van der Waals surface area contributed by atoms with Gasteiger partial charge in [0, 0.05) is 49.3 Å². The van der Waals surface area contributed by atoms with Crippen LogP contribution in [0.5, 0.6) is 0 Å². The molecular weight excluding hydrogens is 446 g/mol. The van der Waals surface area contributed by atoms with E-state index in [0.717, 1.165) is 52.5 Å². The number of piperazine rings is 1. The van der Waals surface area contributed by atoms with Gasteiger partial charge in [-0.05, 0) is 48.7 Å². The van der Waals surface area contributed by atoms with Crippen LogP contribution < -0.4 is 0 Å². The van der Waals surface area contributed by atoms with E-state index >= 15 is 0 Å². The lowest BCUT2D eigenvalue weighted by Gasteiger charge is -2.34. The lowest BCUT2D eigenvalue weighted by Crippen LogP contribution is -2.49. The summed E-state index contributed by atoms with van der Waals surface area (Å²) in [5.74, 6) is 0.0783. The van der Waals surface area contributed by atoms with Gasteiger partial charge in [0.1, 0.15) is 6.54 Å². The summed E-state index contributed by atoms with van der Waals surface area (Å²) in [6.45, 7) is 8.21. The third-order valence-electron chi connectivity index (χ3n) is 6.44. The van der Waals surface area contributed by atoms with Crippen molar-refractivity contribution in [2.45, 2.75) is 26.9 Å². The lowest BCUT2D eigenvalue weighted by molar-refractivity contribution is -0.133. The number of aryl methyl sites for hydroxylation is 2. The Balaban J connectivity index is 1.28. The first-order chi connectivity index (χ1) is 16.5. The summed E-state index contributed by atoms with van der Waals surface area (Å²) < 4.78 is 1.75. The molecule has 2 aromatic heterocycles. The first-order valence-corrected chi connectivity index (χ1v) is 12.0. The van der Waals surface area contributed by atoms with E-state index in [4.69, 9.17) is 16.7 Å². The van der Waals surface area contributed by atoms with Crippen molar-refractivity contribution in [3.63, 3.8) is 0 Å². The summed E-state index contributed by atoms with van der Waals surface area (Å²) in [7, 11) is 0. The van der Waals surface area contributed by atoms with Crippen molar-refractivity contribution in [3.05, 3.63) is 82.6 Å². The Labute approximate surface area is 204 Å². The van der Waals surface area contributed by atoms with Gasteiger partial charge in [0.2, 0.25) is 5.91 Å². The van der Waals surface area contributed by atoms with Gasteiger partial charge in [-0.3, -0.25) is 9.69 Å². The van der Waals surface area contributed by atoms with Crippen molar-refractivity contribution >= 4 is 28.5 Å². The highest BCUT2D eigenvalue weighted by Gasteiger charge is 2.23. The van der Waals surface area contributed by atoms with Crippen molar-refractivity contribution in [1.29, 1.82) is 0 Å². The number of nitrogens with zero attached hydrogens (tertiary/aromatic N) is 5. The van der Waals surface area contributed by atoms with Gasteiger partial charge in [-0.15, -0.1) is 0 Å². The van der Waals surface area contributed by atoms with Gasteiger partial charge in [0.05, 0.1) is 5.69 Å². The zero-order chi connectivity index (χ0) is 23.7. The number of rotatable bonds is 5. The van der Waals surface area contributed by atoms with Crippen LogP contribution in [0.15, 0.2) is 60.8 Å². The SMILES string of the molecule is Cc1cccc(-c2ccnc3c2c(C)nn3CC(=O)N2CCN(Cc3cccc(Cl)c3)CC2)c1. The van der Waals surface area contributed by atoms with Crippen LogP contribution in [0.4, 0.5) is 0 Å². The molecule has 174 valence electrons. The van der Waals surface area contributed by atoms with Crippen molar-refractivity contribution in [1.82, 2.24) is 24.6 Å². The average Bonchev–Trinajstić information content (AvgIpc) is 3.15. The monoisotopic (exact) mass is 473 g/mol. The van der Waals surface area contributed by atoms with E-state index in [1.165, 1.54) is 11.1 Å². The molecule has 0 unspecified atom stereocenters. The number of carbonyl (C=O) groups is 1. The zero-order valence-corrected chi connectivity index (χ0v) is 20.3. The average molecular weight is 474 g/mol. The number of amides is 1. The van der Waals surface area contributed by atoms with E-state index < -0.39 is 0 Å². The molecule has 1 aliphatic heterocycles. The van der Waals surface area contributed by atoms with Crippen LogP contribution in [0, 0.1) is 13.8 Å². The molecule has 1 amide bonds. The number of hydrogen-bond donors (Lipinski definition) is 0. The van der Waals surface area contributed by atoms with Gasteiger partial charge >= 0.3 is 0 Å². The van der Waals surface area contributed by atoms with Gasteiger partial charge in [0.15, 0.2) is 5.65 Å². The molecule has 1 saturated heterocycles. The fraction of sp³-hybridized carbons (Fsp3) is 0.296. The summed E-state index contributed by atoms with van der Waals surface area (Å²) in [6, 6.07) is 18.4. The summed E-state index contributed by atoms with van der Waals surface area (Å²) in [5, 5.41) is 6.46. The molecule has 34 heavy (non-hydrogen) atoms. The highest BCUT2D eigenvalue weighted by molar-refractivity contribution is 6.30. The smallest absolute Gasteiger partial charge is 0.244 e. The van der Waals surface area contributed by atoms with E-state index in [-0.39, 0.29) is 12.5 Å². The van der Waals surface area contributed by atoms with E-state index in [0.29, 0.717) is 13.1 Å². The molecule has 5 rings (SSSR count). The van der Waals surface area contributed by atoms with Crippen LogP contribution in [-0.2, 0) is 17.9 Å². The maximum absolute atomic E-state index is 13.1. The molecule has 1 fully saturated rings. The fourth-order valence-corrected chi connectivity index (χ4v) is 4.93. The molecule has 2 aromatic carbocycles. The summed E-state index contributed by atoms with van der Waals surface area (Å²) in [4.78, 5) is 22.0. The van der Waals surface area contributed by atoms with Crippen molar-refractivity contribution in [3.8, 4) is 11.1 Å². The number of carbonyl (C=O) groups excluding carboxylic acids is 1. The maximum Gasteiger partial charge on any atom is 0.244 e. The van der Waals surface area contributed by atoms with Gasteiger partial charge in [-0.2, -0.15) is 5.10 Å². The van der Waals surface area contributed by atoms with Gasteiger partial charge in [-0.25, -0.2) is 9.67 Å². The first-order valence-electron chi connectivity index (χ1n) is 11.6. The molecule has 4 aromatic rings. The Kier molecular flexibility index (Phi) is 6.35. The molecule has 0 spiro atoms. The van der Waals surface area contributed by atoms with Crippen LogP contribution in [0.2, 0.25) is 5.02 Å². The van der Waals surface area contributed by atoms with Crippen molar-refractivity contribution in [2.24, 2.45) is 0 Å². The predicted octanol–water partition coefficient (Wildman–Crippen LogP) is 4.71. The van der Waals surface area contributed by atoms with E-state index in [1.54, 1.807) is 10.9 Å². The first kappa shape index (κ1) is 22.6. The Morgan fingerprint density at radius 1 is 1.00 bits per heavy atom. The van der Waals surface area contributed by atoms with Crippen LogP contribution in [0.1, 0.15) is 16.8 Å². The number of pyridine rings is 1. The molecule has 6 nitrogen and oxygen atoms in total. The van der Waals surface area contributed by atoms with E-state index in [2.05, 4.69) is 47.1 Å². The molecule has 0 bridgehead atoms. The Bertz CT molecular complexity index is 1340. The van der Waals surface area contributed by atoms with Crippen LogP contribution >= 0.6 is 11.6 Å². The molecular formula is C27H28ClN5O. The van der Waals surface area contributed by atoms with Crippen LogP contribution in [-0.4, -0.2) is 56.7 Å². The van der Waals surface area contributed by atoms with Crippen molar-refractivity contribution in [2.75, 3.05) is 26.2 Å². The van der Waals surface area contributed by atoms with Crippen LogP contribution in [0.25, 0.3) is 22.2 Å². The minimum atomic E-state index is 0.0783. The molecule has 1 aliphatic rings. The molecule has 3 heterocycles. The van der Waals surface area contributed by atoms with Crippen molar-refractivity contribution < 1.29 is 4.79 Å². The number of hydrogen-bond acceptors (Lipinski definition) is 4.